The number of pyridine rings is 1. The third-order valence-corrected chi connectivity index (χ3v) is 8.41. The molecular formula is C30H36N+. The maximum atomic E-state index is 9.10. The fourth-order valence-corrected chi connectivity index (χ4v) is 6.08. The van der Waals surface area contributed by atoms with Gasteiger partial charge in [0.15, 0.2) is 6.20 Å². The van der Waals surface area contributed by atoms with Crippen LogP contribution in [0.2, 0.25) is 0 Å². The van der Waals surface area contributed by atoms with Gasteiger partial charge >= 0.3 is 0 Å². The lowest BCUT2D eigenvalue weighted by atomic mass is 9.54. The second kappa shape index (κ2) is 6.31. The van der Waals surface area contributed by atoms with Crippen LogP contribution in [0.4, 0.5) is 0 Å². The summed E-state index contributed by atoms with van der Waals surface area (Å²) in [6.07, 6.45) is 2.68. The Balaban J connectivity index is 1.98. The van der Waals surface area contributed by atoms with Crippen molar-refractivity contribution in [2.75, 3.05) is 0 Å². The third kappa shape index (κ3) is 2.47. The molecule has 0 radical (unpaired) electrons. The predicted octanol–water partition coefficient (Wildman–Crippen LogP) is 7.06. The molecule has 0 amide bonds. The summed E-state index contributed by atoms with van der Waals surface area (Å²) in [5.74, 6) is -1.06. The Morgan fingerprint density at radius 3 is 2.45 bits per heavy atom. The van der Waals surface area contributed by atoms with Crippen LogP contribution >= 0.6 is 0 Å². The van der Waals surface area contributed by atoms with Crippen molar-refractivity contribution in [2.45, 2.75) is 78.5 Å². The van der Waals surface area contributed by atoms with Crippen molar-refractivity contribution < 1.29 is 10.1 Å². The summed E-state index contributed by atoms with van der Waals surface area (Å²) >= 11 is 0. The molecule has 0 unspecified atom stereocenters. The van der Waals surface area contributed by atoms with E-state index in [0.717, 1.165) is 17.7 Å². The minimum absolute atomic E-state index is 0.285. The van der Waals surface area contributed by atoms with Crippen LogP contribution < -0.4 is 4.57 Å². The maximum Gasteiger partial charge on any atom is 0.216 e. The van der Waals surface area contributed by atoms with Crippen molar-refractivity contribution in [3.05, 3.63) is 75.5 Å². The molecule has 0 bridgehead atoms. The summed E-state index contributed by atoms with van der Waals surface area (Å²) < 4.78 is 36.1. The fourth-order valence-electron chi connectivity index (χ4n) is 6.08. The summed E-state index contributed by atoms with van der Waals surface area (Å²) in [5.41, 5.74) is 11.5. The third-order valence-electron chi connectivity index (χ3n) is 8.41. The van der Waals surface area contributed by atoms with Gasteiger partial charge in [-0.25, -0.2) is 4.57 Å². The van der Waals surface area contributed by atoms with Gasteiger partial charge in [0.1, 0.15) is 7.05 Å². The first-order valence-electron chi connectivity index (χ1n) is 13.3. The minimum atomic E-state index is -2.30. The quantitative estimate of drug-likeness (QED) is 0.294. The standard InChI is InChI=1S/C30H36N/c1-17(2)25-18(3)16-31(9)28-26-19(4)22-14-20-12-10-11-13-21(20)23(22)15-24(26)29(5,6)30(7,8)27(25)28/h10-13,15-17H,14H2,1-9H3/q+1/i3D3,17D. The SMILES string of the molecule is [2H]C([2H])([2H])c1c[n+](C)c2c(c1C([2H])(C)C)C(C)(C)C(C)(C)c1cc3c(c(C)c1-2)Cc1ccccc1-3. The normalized spacial score (nSPS) is 19.9. The van der Waals surface area contributed by atoms with E-state index in [2.05, 4.69) is 65.0 Å². The zero-order valence-corrected chi connectivity index (χ0v) is 20.1. The molecule has 3 aromatic rings. The van der Waals surface area contributed by atoms with E-state index in [0.29, 0.717) is 5.56 Å². The molecule has 1 nitrogen and oxygen atoms in total. The topological polar surface area (TPSA) is 3.88 Å². The maximum absolute atomic E-state index is 9.10. The van der Waals surface area contributed by atoms with E-state index in [-0.39, 0.29) is 11.0 Å². The molecule has 2 aliphatic rings. The van der Waals surface area contributed by atoms with E-state index < -0.39 is 18.2 Å². The van der Waals surface area contributed by atoms with E-state index in [9.17, 15) is 0 Å². The van der Waals surface area contributed by atoms with Crippen LogP contribution in [0.5, 0.6) is 0 Å². The number of rotatable bonds is 1. The Morgan fingerprint density at radius 2 is 1.77 bits per heavy atom. The number of hydrogen-bond acceptors (Lipinski definition) is 0. The monoisotopic (exact) mass is 414 g/mol. The van der Waals surface area contributed by atoms with Gasteiger partial charge in [-0.15, -0.1) is 0 Å². The molecular weight excluding hydrogens is 374 g/mol. The Bertz CT molecular complexity index is 1400. The average Bonchev–Trinajstić information content (AvgIpc) is 3.10. The molecule has 0 spiro atoms. The molecule has 2 aromatic carbocycles. The van der Waals surface area contributed by atoms with Gasteiger partial charge in [-0.1, -0.05) is 65.8 Å². The highest BCUT2D eigenvalue weighted by molar-refractivity contribution is 5.87. The smallest absolute Gasteiger partial charge is 0.200 e. The molecule has 0 saturated carbocycles. The van der Waals surface area contributed by atoms with Gasteiger partial charge < -0.3 is 0 Å². The highest BCUT2D eigenvalue weighted by atomic mass is 14.9. The fraction of sp³-hybridized carbons (Fsp3) is 0.433. The van der Waals surface area contributed by atoms with Crippen molar-refractivity contribution in [3.63, 3.8) is 0 Å². The molecule has 0 fully saturated rings. The predicted molar refractivity (Wildman–Crippen MR) is 131 cm³/mol. The molecule has 160 valence electrons. The number of aromatic nitrogens is 1. The van der Waals surface area contributed by atoms with Crippen molar-refractivity contribution >= 4 is 0 Å². The number of benzene rings is 2. The van der Waals surface area contributed by atoms with Crippen LogP contribution in [0, 0.1) is 13.8 Å². The van der Waals surface area contributed by atoms with Crippen molar-refractivity contribution in [3.8, 4) is 22.4 Å². The Hall–Kier alpha value is -2.41. The molecule has 1 aromatic heterocycles. The Morgan fingerprint density at radius 1 is 1.06 bits per heavy atom. The number of nitrogens with zero attached hydrogens (tertiary/aromatic N) is 1. The van der Waals surface area contributed by atoms with Crippen LogP contribution in [0.3, 0.4) is 0 Å². The van der Waals surface area contributed by atoms with E-state index in [1.54, 1.807) is 6.20 Å². The van der Waals surface area contributed by atoms with Gasteiger partial charge in [-0.2, -0.15) is 0 Å². The van der Waals surface area contributed by atoms with E-state index in [1.807, 2.05) is 25.5 Å². The molecule has 1 heteroatoms. The molecule has 0 aliphatic heterocycles. The summed E-state index contributed by atoms with van der Waals surface area (Å²) in [6, 6.07) is 11.1. The molecule has 0 atom stereocenters. The zero-order valence-electron chi connectivity index (χ0n) is 24.1. The van der Waals surface area contributed by atoms with Crippen molar-refractivity contribution in [1.82, 2.24) is 0 Å². The molecule has 2 aliphatic carbocycles. The van der Waals surface area contributed by atoms with Gasteiger partial charge in [0.05, 0.1) is 5.56 Å². The van der Waals surface area contributed by atoms with Crippen LogP contribution in [0.15, 0.2) is 36.5 Å². The minimum Gasteiger partial charge on any atom is -0.200 e. The van der Waals surface area contributed by atoms with E-state index >= 15 is 0 Å². The zero-order chi connectivity index (χ0) is 25.9. The second-order valence-electron chi connectivity index (χ2n) is 10.8. The van der Waals surface area contributed by atoms with Crippen molar-refractivity contribution in [1.29, 1.82) is 0 Å². The first-order chi connectivity index (χ1) is 16.0. The van der Waals surface area contributed by atoms with Gasteiger partial charge in [0, 0.05) is 22.0 Å². The van der Waals surface area contributed by atoms with Crippen LogP contribution in [0.1, 0.15) is 91.9 Å². The second-order valence-corrected chi connectivity index (χ2v) is 10.8. The lowest BCUT2D eigenvalue weighted by Gasteiger charge is -2.48. The van der Waals surface area contributed by atoms with Crippen LogP contribution in [0.25, 0.3) is 22.4 Å². The van der Waals surface area contributed by atoms with E-state index in [1.165, 1.54) is 38.9 Å². The number of aryl methyl sites for hydroxylation is 2. The summed E-state index contributed by atoms with van der Waals surface area (Å²) in [7, 11) is 1.97. The Labute approximate surface area is 193 Å². The molecule has 0 saturated heterocycles. The van der Waals surface area contributed by atoms with Crippen molar-refractivity contribution in [2.24, 2.45) is 7.05 Å². The molecule has 0 N–H and O–H groups in total. The van der Waals surface area contributed by atoms with Gasteiger partial charge in [0.2, 0.25) is 5.69 Å². The molecule has 31 heavy (non-hydrogen) atoms. The highest BCUT2D eigenvalue weighted by Crippen LogP contribution is 2.57. The summed E-state index contributed by atoms with van der Waals surface area (Å²) in [4.78, 5) is 0. The lowest BCUT2D eigenvalue weighted by Crippen LogP contribution is -2.49. The Kier molecular flexibility index (Phi) is 3.31. The van der Waals surface area contributed by atoms with Gasteiger partial charge in [-0.3, -0.25) is 0 Å². The number of hydrogen-bond donors (Lipinski definition) is 0. The molecule has 5 rings (SSSR count). The first-order valence-corrected chi connectivity index (χ1v) is 11.3. The summed E-state index contributed by atoms with van der Waals surface area (Å²) in [6.45, 7) is 12.6. The highest BCUT2D eigenvalue weighted by Gasteiger charge is 2.52. The van der Waals surface area contributed by atoms with Gasteiger partial charge in [-0.05, 0) is 76.5 Å². The average molecular weight is 415 g/mol. The summed E-state index contributed by atoms with van der Waals surface area (Å²) in [5, 5.41) is 0. The van der Waals surface area contributed by atoms with Crippen LogP contribution in [-0.4, -0.2) is 0 Å². The van der Waals surface area contributed by atoms with E-state index in [4.69, 9.17) is 5.48 Å². The number of fused-ring (bicyclic) bond motifs is 6. The van der Waals surface area contributed by atoms with Crippen LogP contribution in [-0.2, 0) is 24.3 Å². The molecule has 1 heterocycles. The first kappa shape index (κ1) is 16.3. The van der Waals surface area contributed by atoms with Gasteiger partial charge in [0.25, 0.3) is 0 Å². The largest absolute Gasteiger partial charge is 0.216 e. The lowest BCUT2D eigenvalue weighted by molar-refractivity contribution is -0.661.